The van der Waals surface area contributed by atoms with E-state index in [4.69, 9.17) is 4.74 Å². The number of benzene rings is 1. The number of rotatable bonds is 5. The largest absolute Gasteiger partial charge is 0.466 e. The molecular weight excluding hydrogens is 214 g/mol. The predicted octanol–water partition coefficient (Wildman–Crippen LogP) is 2.38. The standard InChI is InChI=1S/C14H21NO2/c1-5-17-13(16)10-14(3,15-4)12-9-7-6-8-11(12)2/h6-9,15H,5,10H2,1-4H3. The lowest BCUT2D eigenvalue weighted by molar-refractivity contribution is -0.144. The second kappa shape index (κ2) is 5.82. The summed E-state index contributed by atoms with van der Waals surface area (Å²) in [7, 11) is 1.87. The molecule has 0 heterocycles. The summed E-state index contributed by atoms with van der Waals surface area (Å²) in [6.07, 6.45) is 0.336. The van der Waals surface area contributed by atoms with E-state index in [0.717, 1.165) is 5.56 Å². The van der Waals surface area contributed by atoms with Crippen molar-refractivity contribution in [3.63, 3.8) is 0 Å². The Balaban J connectivity index is 2.96. The number of carbonyl (C=O) groups excluding carboxylic acids is 1. The van der Waals surface area contributed by atoms with Crippen LogP contribution in [0.1, 0.15) is 31.4 Å². The maximum absolute atomic E-state index is 11.6. The van der Waals surface area contributed by atoms with Gasteiger partial charge in [-0.05, 0) is 38.9 Å². The highest BCUT2D eigenvalue weighted by molar-refractivity contribution is 5.71. The monoisotopic (exact) mass is 235 g/mol. The molecule has 0 aliphatic heterocycles. The van der Waals surface area contributed by atoms with Gasteiger partial charge in [0.25, 0.3) is 0 Å². The van der Waals surface area contributed by atoms with Crippen molar-refractivity contribution >= 4 is 5.97 Å². The Morgan fingerprint density at radius 1 is 1.41 bits per heavy atom. The smallest absolute Gasteiger partial charge is 0.307 e. The number of aryl methyl sites for hydroxylation is 1. The van der Waals surface area contributed by atoms with E-state index in [2.05, 4.69) is 18.3 Å². The number of esters is 1. The van der Waals surface area contributed by atoms with Crippen LogP contribution >= 0.6 is 0 Å². The van der Waals surface area contributed by atoms with Gasteiger partial charge in [-0.15, -0.1) is 0 Å². The minimum absolute atomic E-state index is 0.174. The number of ether oxygens (including phenoxy) is 1. The van der Waals surface area contributed by atoms with Crippen molar-refractivity contribution in [1.82, 2.24) is 5.32 Å². The van der Waals surface area contributed by atoms with E-state index in [1.54, 1.807) is 0 Å². The Labute approximate surface area is 103 Å². The van der Waals surface area contributed by atoms with Crippen LogP contribution in [0.3, 0.4) is 0 Å². The summed E-state index contributed by atoms with van der Waals surface area (Å²) < 4.78 is 5.02. The van der Waals surface area contributed by atoms with E-state index in [1.165, 1.54) is 5.56 Å². The van der Waals surface area contributed by atoms with Crippen LogP contribution in [-0.2, 0) is 15.1 Å². The lowest BCUT2D eigenvalue weighted by atomic mass is 9.86. The zero-order valence-corrected chi connectivity index (χ0v) is 11.0. The second-order valence-electron chi connectivity index (χ2n) is 4.38. The van der Waals surface area contributed by atoms with Crippen molar-refractivity contribution in [2.24, 2.45) is 0 Å². The summed E-state index contributed by atoms with van der Waals surface area (Å²) in [5.74, 6) is -0.174. The Bertz CT molecular complexity index is 390. The van der Waals surface area contributed by atoms with Gasteiger partial charge in [0.1, 0.15) is 0 Å². The van der Waals surface area contributed by atoms with Gasteiger partial charge in [-0.2, -0.15) is 0 Å². The van der Waals surface area contributed by atoms with E-state index in [0.29, 0.717) is 13.0 Å². The molecule has 0 amide bonds. The van der Waals surface area contributed by atoms with Gasteiger partial charge in [-0.3, -0.25) is 4.79 Å². The summed E-state index contributed by atoms with van der Waals surface area (Å²) in [5.41, 5.74) is 1.93. The zero-order valence-electron chi connectivity index (χ0n) is 11.0. The molecule has 94 valence electrons. The predicted molar refractivity (Wildman–Crippen MR) is 68.8 cm³/mol. The molecule has 1 aromatic carbocycles. The van der Waals surface area contributed by atoms with Crippen LogP contribution < -0.4 is 5.32 Å². The summed E-state index contributed by atoms with van der Waals surface area (Å²) >= 11 is 0. The third-order valence-corrected chi connectivity index (χ3v) is 3.09. The fourth-order valence-electron chi connectivity index (χ4n) is 2.01. The van der Waals surface area contributed by atoms with Crippen molar-refractivity contribution in [3.8, 4) is 0 Å². The quantitative estimate of drug-likeness (QED) is 0.796. The Hall–Kier alpha value is -1.35. The molecule has 0 aliphatic rings. The fraction of sp³-hybridized carbons (Fsp3) is 0.500. The molecule has 0 aliphatic carbocycles. The molecule has 17 heavy (non-hydrogen) atoms. The molecule has 0 bridgehead atoms. The first kappa shape index (κ1) is 13.7. The Morgan fingerprint density at radius 3 is 2.59 bits per heavy atom. The third kappa shape index (κ3) is 3.30. The molecule has 0 radical (unpaired) electrons. The van der Waals surface area contributed by atoms with E-state index in [1.807, 2.05) is 39.1 Å². The minimum Gasteiger partial charge on any atom is -0.466 e. The molecule has 1 rings (SSSR count). The highest BCUT2D eigenvalue weighted by Gasteiger charge is 2.29. The lowest BCUT2D eigenvalue weighted by Crippen LogP contribution is -2.40. The van der Waals surface area contributed by atoms with Crippen molar-refractivity contribution in [2.75, 3.05) is 13.7 Å². The van der Waals surface area contributed by atoms with Gasteiger partial charge in [0.2, 0.25) is 0 Å². The molecule has 0 saturated carbocycles. The van der Waals surface area contributed by atoms with E-state index >= 15 is 0 Å². The van der Waals surface area contributed by atoms with Gasteiger partial charge in [-0.1, -0.05) is 24.3 Å². The molecule has 0 fully saturated rings. The molecule has 0 saturated heterocycles. The molecule has 0 spiro atoms. The fourth-order valence-corrected chi connectivity index (χ4v) is 2.01. The van der Waals surface area contributed by atoms with E-state index in [9.17, 15) is 4.79 Å². The van der Waals surface area contributed by atoms with E-state index in [-0.39, 0.29) is 11.5 Å². The van der Waals surface area contributed by atoms with Crippen LogP contribution in [0.5, 0.6) is 0 Å². The SMILES string of the molecule is CCOC(=O)CC(C)(NC)c1ccccc1C. The maximum atomic E-state index is 11.6. The average Bonchev–Trinajstić information content (AvgIpc) is 2.29. The third-order valence-electron chi connectivity index (χ3n) is 3.09. The average molecular weight is 235 g/mol. The van der Waals surface area contributed by atoms with Gasteiger partial charge >= 0.3 is 5.97 Å². The normalized spacial score (nSPS) is 14.1. The number of carbonyl (C=O) groups is 1. The van der Waals surface area contributed by atoms with Crippen LogP contribution in [0.25, 0.3) is 0 Å². The first-order valence-electron chi connectivity index (χ1n) is 5.94. The summed E-state index contributed by atoms with van der Waals surface area (Å²) in [4.78, 5) is 11.6. The van der Waals surface area contributed by atoms with Crippen LogP contribution in [0.4, 0.5) is 0 Å². The second-order valence-corrected chi connectivity index (χ2v) is 4.38. The van der Waals surface area contributed by atoms with Crippen molar-refractivity contribution < 1.29 is 9.53 Å². The summed E-state index contributed by atoms with van der Waals surface area (Å²) in [6.45, 7) is 6.32. The molecule has 1 N–H and O–H groups in total. The maximum Gasteiger partial charge on any atom is 0.307 e. The molecule has 1 aromatic rings. The minimum atomic E-state index is -0.377. The van der Waals surface area contributed by atoms with Crippen molar-refractivity contribution in [1.29, 1.82) is 0 Å². The topological polar surface area (TPSA) is 38.3 Å². The van der Waals surface area contributed by atoms with Gasteiger partial charge in [-0.25, -0.2) is 0 Å². The van der Waals surface area contributed by atoms with Gasteiger partial charge < -0.3 is 10.1 Å². The number of hydrogen-bond donors (Lipinski definition) is 1. The van der Waals surface area contributed by atoms with Gasteiger partial charge in [0.05, 0.1) is 18.6 Å². The Kier molecular flexibility index (Phi) is 4.70. The molecular formula is C14H21NO2. The highest BCUT2D eigenvalue weighted by Crippen LogP contribution is 2.27. The summed E-state index contributed by atoms with van der Waals surface area (Å²) in [5, 5.41) is 3.22. The molecule has 3 heteroatoms. The molecule has 1 atom stereocenters. The van der Waals surface area contributed by atoms with Gasteiger partial charge in [0, 0.05) is 0 Å². The van der Waals surface area contributed by atoms with Crippen LogP contribution in [0.2, 0.25) is 0 Å². The zero-order chi connectivity index (χ0) is 12.9. The lowest BCUT2D eigenvalue weighted by Gasteiger charge is -2.30. The Morgan fingerprint density at radius 2 is 2.06 bits per heavy atom. The first-order valence-corrected chi connectivity index (χ1v) is 5.94. The summed E-state index contributed by atoms with van der Waals surface area (Å²) in [6, 6.07) is 8.09. The molecule has 0 aromatic heterocycles. The van der Waals surface area contributed by atoms with E-state index < -0.39 is 0 Å². The first-order chi connectivity index (χ1) is 8.03. The van der Waals surface area contributed by atoms with Crippen LogP contribution in [-0.4, -0.2) is 19.6 Å². The van der Waals surface area contributed by atoms with Crippen LogP contribution in [0.15, 0.2) is 24.3 Å². The number of hydrogen-bond acceptors (Lipinski definition) is 3. The highest BCUT2D eigenvalue weighted by atomic mass is 16.5. The number of nitrogens with one attached hydrogen (secondary N) is 1. The van der Waals surface area contributed by atoms with Crippen molar-refractivity contribution in [2.45, 2.75) is 32.7 Å². The van der Waals surface area contributed by atoms with Crippen LogP contribution in [0, 0.1) is 6.92 Å². The molecule has 1 unspecified atom stereocenters. The van der Waals surface area contributed by atoms with Crippen molar-refractivity contribution in [3.05, 3.63) is 35.4 Å². The van der Waals surface area contributed by atoms with Gasteiger partial charge in [0.15, 0.2) is 0 Å². The molecule has 3 nitrogen and oxygen atoms in total.